The summed E-state index contributed by atoms with van der Waals surface area (Å²) in [4.78, 5) is 0. The molecule has 0 unspecified atom stereocenters. The van der Waals surface area contributed by atoms with Crippen molar-refractivity contribution in [1.29, 1.82) is 0 Å². The molecule has 1 aromatic heterocycles. The van der Waals surface area contributed by atoms with Gasteiger partial charge in [0.05, 0.1) is 6.26 Å². The van der Waals surface area contributed by atoms with Crippen molar-refractivity contribution in [3.63, 3.8) is 0 Å². The smallest absolute Gasteiger partial charge is 0.148 e. The third kappa shape index (κ3) is 0.872. The Morgan fingerprint density at radius 1 is 1.75 bits per heavy atom. The first-order chi connectivity index (χ1) is 3.93. The fraction of sp³-hybridized carbons (Fsp3) is 0. The summed E-state index contributed by atoms with van der Waals surface area (Å²) >= 11 is 0. The van der Waals surface area contributed by atoms with Crippen LogP contribution < -0.4 is 0 Å². The SMILES string of the molecule is [O]/N=C\c1ccco1. The van der Waals surface area contributed by atoms with E-state index in [1.54, 1.807) is 12.1 Å². The fourth-order valence-electron chi connectivity index (χ4n) is 0.417. The summed E-state index contributed by atoms with van der Waals surface area (Å²) in [6, 6.07) is 3.35. The summed E-state index contributed by atoms with van der Waals surface area (Å²) < 4.78 is 4.72. The highest BCUT2D eigenvalue weighted by atomic mass is 16.4. The quantitative estimate of drug-likeness (QED) is 0.393. The van der Waals surface area contributed by atoms with Crippen LogP contribution in [-0.2, 0) is 5.21 Å². The standard InChI is InChI=1S/C5H4NO2/c7-6-4-5-2-1-3-8-5/h1-4H/b6-4-. The van der Waals surface area contributed by atoms with Gasteiger partial charge in [0.2, 0.25) is 0 Å². The molecule has 0 aliphatic carbocycles. The summed E-state index contributed by atoms with van der Waals surface area (Å²) in [6.07, 6.45) is 2.59. The lowest BCUT2D eigenvalue weighted by molar-refractivity contribution is 0.211. The minimum atomic E-state index is 0.486. The second kappa shape index (κ2) is 2.16. The Balaban J connectivity index is 2.77. The number of furan rings is 1. The summed E-state index contributed by atoms with van der Waals surface area (Å²) in [5, 5.41) is 12.0. The Labute approximate surface area is 46.2 Å². The van der Waals surface area contributed by atoms with Crippen LogP contribution in [0.3, 0.4) is 0 Å². The predicted octanol–water partition coefficient (Wildman–Crippen LogP) is 1.04. The molecule has 0 aromatic carbocycles. The maximum Gasteiger partial charge on any atom is 0.148 e. The van der Waals surface area contributed by atoms with Crippen molar-refractivity contribution < 1.29 is 9.62 Å². The van der Waals surface area contributed by atoms with Crippen molar-refractivity contribution in [3.05, 3.63) is 24.2 Å². The third-order valence-corrected chi connectivity index (χ3v) is 0.723. The summed E-state index contributed by atoms with van der Waals surface area (Å²) in [5.74, 6) is 0.486. The first kappa shape index (κ1) is 4.90. The molecular formula is C5H4NO2. The molecule has 0 saturated carbocycles. The number of hydrogen-bond acceptors (Lipinski definition) is 2. The van der Waals surface area contributed by atoms with Gasteiger partial charge in [-0.15, -0.1) is 5.21 Å². The molecule has 41 valence electrons. The molecule has 0 aliphatic heterocycles. The Kier molecular flexibility index (Phi) is 1.32. The van der Waals surface area contributed by atoms with Crippen molar-refractivity contribution in [2.75, 3.05) is 0 Å². The summed E-state index contributed by atoms with van der Waals surface area (Å²) in [5.41, 5.74) is 0. The third-order valence-electron chi connectivity index (χ3n) is 0.723. The van der Waals surface area contributed by atoms with Gasteiger partial charge in [-0.05, 0) is 17.3 Å². The molecule has 0 N–H and O–H groups in total. The average molecular weight is 110 g/mol. The van der Waals surface area contributed by atoms with Crippen LogP contribution >= 0.6 is 0 Å². The first-order valence-corrected chi connectivity index (χ1v) is 2.12. The Bertz CT molecular complexity index is 167. The van der Waals surface area contributed by atoms with Crippen LogP contribution in [0, 0.1) is 0 Å². The Morgan fingerprint density at radius 2 is 2.62 bits per heavy atom. The van der Waals surface area contributed by atoms with E-state index in [9.17, 15) is 5.21 Å². The summed E-state index contributed by atoms with van der Waals surface area (Å²) in [7, 11) is 0. The largest absolute Gasteiger partial charge is 0.463 e. The highest BCUT2D eigenvalue weighted by molar-refractivity contribution is 5.74. The van der Waals surface area contributed by atoms with Crippen LogP contribution in [-0.4, -0.2) is 6.21 Å². The van der Waals surface area contributed by atoms with Crippen LogP contribution in [0.5, 0.6) is 0 Å². The van der Waals surface area contributed by atoms with E-state index in [4.69, 9.17) is 4.42 Å². The van der Waals surface area contributed by atoms with Gasteiger partial charge >= 0.3 is 0 Å². The predicted molar refractivity (Wildman–Crippen MR) is 27.0 cm³/mol. The van der Waals surface area contributed by atoms with Crippen LogP contribution in [0.25, 0.3) is 0 Å². The lowest BCUT2D eigenvalue weighted by Gasteiger charge is -1.72. The van der Waals surface area contributed by atoms with Crippen molar-refractivity contribution in [1.82, 2.24) is 0 Å². The number of nitrogens with zero attached hydrogens (tertiary/aromatic N) is 1. The minimum Gasteiger partial charge on any atom is -0.463 e. The molecule has 0 fully saturated rings. The van der Waals surface area contributed by atoms with Crippen LogP contribution in [0.2, 0.25) is 0 Å². The van der Waals surface area contributed by atoms with Crippen LogP contribution in [0.15, 0.2) is 28.0 Å². The Morgan fingerprint density at radius 3 is 3.12 bits per heavy atom. The highest BCUT2D eigenvalue weighted by Crippen LogP contribution is 1.93. The Hall–Kier alpha value is -1.25. The highest BCUT2D eigenvalue weighted by Gasteiger charge is 1.85. The van der Waals surface area contributed by atoms with E-state index in [0.29, 0.717) is 5.76 Å². The van der Waals surface area contributed by atoms with E-state index in [-0.39, 0.29) is 0 Å². The van der Waals surface area contributed by atoms with Gasteiger partial charge in [0.15, 0.2) is 0 Å². The number of hydrogen-bond donors (Lipinski definition) is 0. The number of rotatable bonds is 1. The van der Waals surface area contributed by atoms with Crippen LogP contribution in [0.1, 0.15) is 5.76 Å². The van der Waals surface area contributed by atoms with Crippen molar-refractivity contribution >= 4 is 6.21 Å². The van der Waals surface area contributed by atoms with Gasteiger partial charge in [-0.3, -0.25) is 0 Å². The molecule has 8 heavy (non-hydrogen) atoms. The van der Waals surface area contributed by atoms with E-state index in [1.807, 2.05) is 0 Å². The van der Waals surface area contributed by atoms with Crippen molar-refractivity contribution in [3.8, 4) is 0 Å². The molecule has 0 amide bonds. The molecule has 0 bridgehead atoms. The zero-order chi connectivity index (χ0) is 5.82. The molecule has 1 rings (SSSR count). The van der Waals surface area contributed by atoms with Crippen LogP contribution in [0.4, 0.5) is 0 Å². The normalized spacial score (nSPS) is 10.5. The van der Waals surface area contributed by atoms with Gasteiger partial charge in [-0.1, -0.05) is 0 Å². The van der Waals surface area contributed by atoms with Gasteiger partial charge in [0, 0.05) is 0 Å². The fourth-order valence-corrected chi connectivity index (χ4v) is 0.417. The maximum atomic E-state index is 9.51. The maximum absolute atomic E-state index is 9.51. The van der Waals surface area contributed by atoms with E-state index in [2.05, 4.69) is 5.16 Å². The second-order valence-corrected chi connectivity index (χ2v) is 1.25. The molecule has 0 atom stereocenters. The monoisotopic (exact) mass is 110 g/mol. The molecular weight excluding hydrogens is 106 g/mol. The van der Waals surface area contributed by atoms with Gasteiger partial charge in [0.1, 0.15) is 12.0 Å². The van der Waals surface area contributed by atoms with Crippen molar-refractivity contribution in [2.45, 2.75) is 0 Å². The average Bonchev–Trinajstić information content (AvgIpc) is 2.19. The zero-order valence-corrected chi connectivity index (χ0v) is 4.07. The lowest BCUT2D eigenvalue weighted by Crippen LogP contribution is -1.69. The second-order valence-electron chi connectivity index (χ2n) is 1.25. The van der Waals surface area contributed by atoms with E-state index in [1.165, 1.54) is 6.26 Å². The molecule has 3 heteroatoms. The molecule has 1 heterocycles. The minimum absolute atomic E-state index is 0.486. The zero-order valence-electron chi connectivity index (χ0n) is 4.07. The van der Waals surface area contributed by atoms with Crippen molar-refractivity contribution in [2.24, 2.45) is 5.16 Å². The van der Waals surface area contributed by atoms with Gasteiger partial charge in [0.25, 0.3) is 0 Å². The van der Waals surface area contributed by atoms with Gasteiger partial charge < -0.3 is 4.42 Å². The topological polar surface area (TPSA) is 45.4 Å². The lowest BCUT2D eigenvalue weighted by atomic mass is 10.5. The molecule has 1 radical (unpaired) electrons. The molecule has 1 aromatic rings. The first-order valence-electron chi connectivity index (χ1n) is 2.12. The summed E-state index contributed by atoms with van der Waals surface area (Å²) in [6.45, 7) is 0. The molecule has 3 nitrogen and oxygen atoms in total. The van der Waals surface area contributed by atoms with E-state index >= 15 is 0 Å². The molecule has 0 saturated heterocycles. The van der Waals surface area contributed by atoms with E-state index < -0.39 is 0 Å². The van der Waals surface area contributed by atoms with Gasteiger partial charge in [-0.25, -0.2) is 0 Å². The van der Waals surface area contributed by atoms with Gasteiger partial charge in [-0.2, -0.15) is 0 Å². The molecule has 0 aliphatic rings. The molecule has 0 spiro atoms. The van der Waals surface area contributed by atoms with E-state index in [0.717, 1.165) is 6.21 Å².